The molecule has 1 aromatic rings. The summed E-state index contributed by atoms with van der Waals surface area (Å²) in [5.74, 6) is 2.20. The van der Waals surface area contributed by atoms with E-state index in [0.29, 0.717) is 10.8 Å². The SMILES string of the molecule is CC12CC3CC4CC(c5ccccc5)(C1)C342.O=CN1CCC2(CNC2)C1. The van der Waals surface area contributed by atoms with Gasteiger partial charge in [0.2, 0.25) is 6.41 Å². The molecule has 138 valence electrons. The van der Waals surface area contributed by atoms with Crippen LogP contribution in [0.25, 0.3) is 0 Å². The maximum Gasteiger partial charge on any atom is 0.209 e. The Morgan fingerprint density at radius 1 is 1.15 bits per heavy atom. The summed E-state index contributed by atoms with van der Waals surface area (Å²) in [6.07, 6.45) is 8.24. The molecule has 0 bridgehead atoms. The number of rotatable bonds is 2. The Morgan fingerprint density at radius 2 is 1.92 bits per heavy atom. The second-order valence-electron chi connectivity index (χ2n) is 10.5. The van der Waals surface area contributed by atoms with Crippen molar-refractivity contribution >= 4 is 6.41 Å². The van der Waals surface area contributed by atoms with Gasteiger partial charge in [-0.2, -0.15) is 0 Å². The lowest BCUT2D eigenvalue weighted by Gasteiger charge is -2.95. The third-order valence-corrected chi connectivity index (χ3v) is 9.57. The van der Waals surface area contributed by atoms with Crippen LogP contribution in [0.3, 0.4) is 0 Å². The highest BCUT2D eigenvalue weighted by atomic mass is 16.1. The third kappa shape index (κ3) is 1.52. The fourth-order valence-electron chi connectivity index (χ4n) is 8.80. The summed E-state index contributed by atoms with van der Waals surface area (Å²) < 4.78 is 0. The molecular weight excluding hydrogens is 320 g/mol. The largest absolute Gasteiger partial charge is 0.345 e. The third-order valence-electron chi connectivity index (χ3n) is 9.57. The van der Waals surface area contributed by atoms with E-state index in [9.17, 15) is 4.79 Å². The minimum absolute atomic E-state index is 0.473. The molecule has 26 heavy (non-hydrogen) atoms. The molecule has 1 amide bonds. The summed E-state index contributed by atoms with van der Waals surface area (Å²) in [5, 5.41) is 3.25. The summed E-state index contributed by atoms with van der Waals surface area (Å²) in [5.41, 5.74) is 4.30. The van der Waals surface area contributed by atoms with Gasteiger partial charge in [-0.05, 0) is 60.3 Å². The van der Waals surface area contributed by atoms with Crippen LogP contribution in [-0.2, 0) is 10.2 Å². The van der Waals surface area contributed by atoms with E-state index in [1.54, 1.807) is 12.0 Å². The summed E-state index contributed by atoms with van der Waals surface area (Å²) in [6, 6.07) is 11.4. The maximum absolute atomic E-state index is 10.3. The molecule has 6 fully saturated rings. The number of carbonyl (C=O) groups excluding carboxylic acids is 1. The van der Waals surface area contributed by atoms with Crippen molar-refractivity contribution < 1.29 is 4.79 Å². The van der Waals surface area contributed by atoms with Crippen LogP contribution >= 0.6 is 0 Å². The van der Waals surface area contributed by atoms with E-state index in [2.05, 4.69) is 42.6 Å². The zero-order valence-corrected chi connectivity index (χ0v) is 15.8. The summed E-state index contributed by atoms with van der Waals surface area (Å²) in [4.78, 5) is 12.2. The molecule has 5 atom stereocenters. The van der Waals surface area contributed by atoms with Crippen LogP contribution < -0.4 is 5.32 Å². The molecular formula is C23H30N2O. The standard InChI is InChI=1S/C16H18.C7H12N2O/c1-14-8-12-7-13-9-15(10-14,16(12,13)14)11-5-3-2-4-6-11;10-6-9-2-1-7(5-9)3-8-4-7/h2-6,12-13H,7-10H2,1H3;6,8H,1-5H2. The second kappa shape index (κ2) is 4.73. The van der Waals surface area contributed by atoms with Crippen molar-refractivity contribution in [2.75, 3.05) is 26.2 Å². The van der Waals surface area contributed by atoms with Crippen molar-refractivity contribution in [2.24, 2.45) is 28.1 Å². The fraction of sp³-hybridized carbons (Fsp3) is 0.696. The monoisotopic (exact) mass is 350 g/mol. The highest BCUT2D eigenvalue weighted by molar-refractivity contribution is 5.50. The smallest absolute Gasteiger partial charge is 0.209 e. The van der Waals surface area contributed by atoms with E-state index < -0.39 is 0 Å². The molecule has 2 aliphatic heterocycles. The van der Waals surface area contributed by atoms with Crippen molar-refractivity contribution in [1.29, 1.82) is 0 Å². The normalized spacial score (nSPS) is 47.5. The van der Waals surface area contributed by atoms with Crippen LogP contribution in [0.1, 0.15) is 44.6 Å². The summed E-state index contributed by atoms with van der Waals surface area (Å²) >= 11 is 0. The molecule has 4 saturated carbocycles. The molecule has 2 saturated heterocycles. The maximum atomic E-state index is 10.3. The van der Waals surface area contributed by atoms with Gasteiger partial charge in [0.15, 0.2) is 0 Å². The average Bonchev–Trinajstić information content (AvgIpc) is 3.03. The molecule has 3 heteroatoms. The first-order valence-corrected chi connectivity index (χ1v) is 10.5. The average molecular weight is 351 g/mol. The van der Waals surface area contributed by atoms with Gasteiger partial charge in [0.05, 0.1) is 0 Å². The summed E-state index contributed by atoms with van der Waals surface area (Å²) in [7, 11) is 0. The van der Waals surface area contributed by atoms with Crippen LogP contribution in [0, 0.1) is 28.1 Å². The second-order valence-corrected chi connectivity index (χ2v) is 10.5. The lowest BCUT2D eigenvalue weighted by molar-refractivity contribution is -0.441. The minimum Gasteiger partial charge on any atom is -0.345 e. The first kappa shape index (κ1) is 15.7. The Balaban J connectivity index is 0.000000119. The van der Waals surface area contributed by atoms with Gasteiger partial charge in [-0.25, -0.2) is 0 Å². The van der Waals surface area contributed by atoms with E-state index in [1.807, 2.05) is 4.90 Å². The number of benzene rings is 1. The highest BCUT2D eigenvalue weighted by Gasteiger charge is 2.92. The number of hydrogen-bond donors (Lipinski definition) is 1. The molecule has 5 unspecified atom stereocenters. The van der Waals surface area contributed by atoms with Crippen LogP contribution in [-0.4, -0.2) is 37.5 Å². The number of nitrogens with one attached hydrogen (secondary N) is 1. The van der Waals surface area contributed by atoms with Crippen LogP contribution in [0.4, 0.5) is 0 Å². The molecule has 6 aliphatic rings. The van der Waals surface area contributed by atoms with Crippen molar-refractivity contribution in [2.45, 2.75) is 44.4 Å². The quantitative estimate of drug-likeness (QED) is 0.831. The molecule has 7 rings (SSSR count). The number of carbonyl (C=O) groups is 1. The van der Waals surface area contributed by atoms with Crippen LogP contribution in [0.2, 0.25) is 0 Å². The van der Waals surface area contributed by atoms with Crippen LogP contribution in [0.5, 0.6) is 0 Å². The van der Waals surface area contributed by atoms with E-state index in [-0.39, 0.29) is 0 Å². The Labute approximate surface area is 156 Å². The van der Waals surface area contributed by atoms with Gasteiger partial charge in [0.1, 0.15) is 0 Å². The van der Waals surface area contributed by atoms with Gasteiger partial charge in [0.25, 0.3) is 0 Å². The zero-order valence-electron chi connectivity index (χ0n) is 15.8. The molecule has 1 N–H and O–H groups in total. The van der Waals surface area contributed by atoms with E-state index in [0.717, 1.165) is 55.3 Å². The molecule has 3 nitrogen and oxygen atoms in total. The Hall–Kier alpha value is -1.35. The van der Waals surface area contributed by atoms with Crippen molar-refractivity contribution in [3.63, 3.8) is 0 Å². The number of likely N-dealkylation sites (tertiary alicyclic amines) is 1. The predicted octanol–water partition coefficient (Wildman–Crippen LogP) is 3.20. The minimum atomic E-state index is 0.473. The van der Waals surface area contributed by atoms with Crippen molar-refractivity contribution in [1.82, 2.24) is 10.2 Å². The van der Waals surface area contributed by atoms with E-state index in [4.69, 9.17) is 0 Å². The molecule has 2 spiro atoms. The molecule has 1 aromatic carbocycles. The molecule has 0 radical (unpaired) electrons. The Kier molecular flexibility index (Phi) is 2.85. The first-order valence-electron chi connectivity index (χ1n) is 10.5. The van der Waals surface area contributed by atoms with Gasteiger partial charge >= 0.3 is 0 Å². The van der Waals surface area contributed by atoms with E-state index in [1.165, 1.54) is 25.7 Å². The fourth-order valence-corrected chi connectivity index (χ4v) is 8.80. The zero-order chi connectivity index (χ0) is 17.6. The summed E-state index contributed by atoms with van der Waals surface area (Å²) in [6.45, 7) is 6.72. The lowest BCUT2D eigenvalue weighted by Crippen LogP contribution is -2.91. The Morgan fingerprint density at radius 3 is 2.42 bits per heavy atom. The highest BCUT2D eigenvalue weighted by Crippen LogP contribution is 2.97. The van der Waals surface area contributed by atoms with Gasteiger partial charge in [-0.3, -0.25) is 4.79 Å². The van der Waals surface area contributed by atoms with Gasteiger partial charge < -0.3 is 10.2 Å². The van der Waals surface area contributed by atoms with E-state index >= 15 is 0 Å². The topological polar surface area (TPSA) is 32.3 Å². The number of amides is 1. The van der Waals surface area contributed by atoms with Crippen molar-refractivity contribution in [3.05, 3.63) is 35.9 Å². The molecule has 2 heterocycles. The van der Waals surface area contributed by atoms with Crippen molar-refractivity contribution in [3.8, 4) is 0 Å². The van der Waals surface area contributed by atoms with Crippen LogP contribution in [0.15, 0.2) is 30.3 Å². The molecule has 0 aromatic heterocycles. The molecule has 4 aliphatic carbocycles. The Bertz CT molecular complexity index is 753. The lowest BCUT2D eigenvalue weighted by atomic mass is 9.08. The predicted molar refractivity (Wildman–Crippen MR) is 102 cm³/mol. The number of nitrogens with zero attached hydrogens (tertiary/aromatic N) is 1. The van der Waals surface area contributed by atoms with Gasteiger partial charge in [0, 0.05) is 37.0 Å². The first-order chi connectivity index (χ1) is 12.6. The van der Waals surface area contributed by atoms with Gasteiger partial charge in [-0.1, -0.05) is 37.3 Å². The van der Waals surface area contributed by atoms with Gasteiger partial charge in [-0.15, -0.1) is 0 Å². The number of hydrogen-bond acceptors (Lipinski definition) is 2.